The molecular weight excluding hydrogens is 252 g/mol. The van der Waals surface area contributed by atoms with Crippen molar-refractivity contribution >= 4 is 11.4 Å². The number of rotatable bonds is 4. The molecule has 0 aliphatic carbocycles. The summed E-state index contributed by atoms with van der Waals surface area (Å²) in [6.45, 7) is 5.97. The molecule has 0 saturated carbocycles. The molecule has 1 unspecified atom stereocenters. The maximum atomic E-state index is 11.1. The van der Waals surface area contributed by atoms with Gasteiger partial charge in [-0.25, -0.2) is 0 Å². The van der Waals surface area contributed by atoms with E-state index >= 15 is 0 Å². The summed E-state index contributed by atoms with van der Waals surface area (Å²) in [5.74, 6) is 0. The van der Waals surface area contributed by atoms with Gasteiger partial charge < -0.3 is 5.32 Å². The summed E-state index contributed by atoms with van der Waals surface area (Å²) in [4.78, 5) is 10.7. The van der Waals surface area contributed by atoms with E-state index in [1.165, 1.54) is 5.56 Å². The predicted octanol–water partition coefficient (Wildman–Crippen LogP) is 4.38. The Bertz CT molecular complexity index is 638. The second-order valence-corrected chi connectivity index (χ2v) is 5.00. The highest BCUT2D eigenvalue weighted by Gasteiger charge is 2.16. The first-order valence-corrected chi connectivity index (χ1v) is 6.56. The first-order chi connectivity index (χ1) is 9.49. The molecule has 0 aliphatic heterocycles. The fourth-order valence-corrected chi connectivity index (χ4v) is 2.31. The van der Waals surface area contributed by atoms with Crippen LogP contribution in [0, 0.1) is 24.0 Å². The van der Waals surface area contributed by atoms with Crippen molar-refractivity contribution in [1.82, 2.24) is 0 Å². The van der Waals surface area contributed by atoms with Gasteiger partial charge in [-0.3, -0.25) is 10.1 Å². The highest BCUT2D eigenvalue weighted by atomic mass is 16.6. The average molecular weight is 270 g/mol. The van der Waals surface area contributed by atoms with E-state index < -0.39 is 0 Å². The molecular formula is C16H18N2O2. The molecule has 0 fully saturated rings. The van der Waals surface area contributed by atoms with Crippen LogP contribution in [0.2, 0.25) is 0 Å². The SMILES string of the molecule is Cc1ccc([N+](=O)[O-])c(NC(C)c2ccccc2C)c1. The van der Waals surface area contributed by atoms with Crippen molar-refractivity contribution in [3.05, 3.63) is 69.3 Å². The van der Waals surface area contributed by atoms with Crippen LogP contribution in [0.3, 0.4) is 0 Å². The third kappa shape index (κ3) is 2.96. The second-order valence-electron chi connectivity index (χ2n) is 5.00. The van der Waals surface area contributed by atoms with E-state index in [4.69, 9.17) is 0 Å². The molecule has 2 aromatic carbocycles. The minimum Gasteiger partial charge on any atom is -0.373 e. The number of hydrogen-bond acceptors (Lipinski definition) is 3. The highest BCUT2D eigenvalue weighted by Crippen LogP contribution is 2.29. The number of anilines is 1. The fourth-order valence-electron chi connectivity index (χ4n) is 2.31. The zero-order valence-electron chi connectivity index (χ0n) is 11.9. The van der Waals surface area contributed by atoms with Gasteiger partial charge in [0.15, 0.2) is 0 Å². The summed E-state index contributed by atoms with van der Waals surface area (Å²) in [7, 11) is 0. The Morgan fingerprint density at radius 2 is 1.85 bits per heavy atom. The molecule has 0 aliphatic rings. The number of aryl methyl sites for hydroxylation is 2. The Labute approximate surface area is 118 Å². The lowest BCUT2D eigenvalue weighted by Gasteiger charge is -2.18. The van der Waals surface area contributed by atoms with Gasteiger partial charge in [0.1, 0.15) is 5.69 Å². The van der Waals surface area contributed by atoms with Crippen molar-refractivity contribution in [2.24, 2.45) is 0 Å². The Hall–Kier alpha value is -2.36. The van der Waals surface area contributed by atoms with Crippen molar-refractivity contribution in [3.63, 3.8) is 0 Å². The fraction of sp³-hybridized carbons (Fsp3) is 0.250. The van der Waals surface area contributed by atoms with E-state index in [2.05, 4.69) is 5.32 Å². The Morgan fingerprint density at radius 1 is 1.15 bits per heavy atom. The molecule has 2 aromatic rings. The topological polar surface area (TPSA) is 55.2 Å². The van der Waals surface area contributed by atoms with Crippen LogP contribution in [0.25, 0.3) is 0 Å². The summed E-state index contributed by atoms with van der Waals surface area (Å²) in [6, 6.07) is 13.2. The maximum absolute atomic E-state index is 11.1. The molecule has 2 rings (SSSR count). The van der Waals surface area contributed by atoms with Gasteiger partial charge in [0.05, 0.1) is 4.92 Å². The molecule has 1 atom stereocenters. The standard InChI is InChI=1S/C16H18N2O2/c1-11-8-9-16(18(19)20)15(10-11)17-13(3)14-7-5-4-6-12(14)2/h4-10,13,17H,1-3H3. The summed E-state index contributed by atoms with van der Waals surface area (Å²) >= 11 is 0. The monoisotopic (exact) mass is 270 g/mol. The first-order valence-electron chi connectivity index (χ1n) is 6.56. The van der Waals surface area contributed by atoms with Gasteiger partial charge in [-0.05, 0) is 43.5 Å². The number of hydrogen-bond donors (Lipinski definition) is 1. The number of nitrogens with zero attached hydrogens (tertiary/aromatic N) is 1. The van der Waals surface area contributed by atoms with Crippen LogP contribution in [0.4, 0.5) is 11.4 Å². The summed E-state index contributed by atoms with van der Waals surface area (Å²) < 4.78 is 0. The van der Waals surface area contributed by atoms with Crippen LogP contribution in [-0.4, -0.2) is 4.92 Å². The summed E-state index contributed by atoms with van der Waals surface area (Å²) in [6.07, 6.45) is 0. The van der Waals surface area contributed by atoms with E-state index in [1.54, 1.807) is 12.1 Å². The van der Waals surface area contributed by atoms with Crippen LogP contribution in [0.1, 0.15) is 29.7 Å². The lowest BCUT2D eigenvalue weighted by molar-refractivity contribution is -0.384. The average Bonchev–Trinajstić information content (AvgIpc) is 2.38. The third-order valence-corrected chi connectivity index (χ3v) is 3.38. The van der Waals surface area contributed by atoms with Crippen molar-refractivity contribution in [1.29, 1.82) is 0 Å². The molecule has 0 aromatic heterocycles. The second kappa shape index (κ2) is 5.74. The lowest BCUT2D eigenvalue weighted by atomic mass is 10.0. The van der Waals surface area contributed by atoms with Crippen LogP contribution in [-0.2, 0) is 0 Å². The van der Waals surface area contributed by atoms with Crippen LogP contribution in [0.5, 0.6) is 0 Å². The van der Waals surface area contributed by atoms with Gasteiger partial charge in [0.25, 0.3) is 5.69 Å². The van der Waals surface area contributed by atoms with E-state index in [0.717, 1.165) is 11.1 Å². The maximum Gasteiger partial charge on any atom is 0.292 e. The Kier molecular flexibility index (Phi) is 4.03. The van der Waals surface area contributed by atoms with E-state index in [-0.39, 0.29) is 16.7 Å². The van der Waals surface area contributed by atoms with Gasteiger partial charge in [0, 0.05) is 12.1 Å². The molecule has 4 nitrogen and oxygen atoms in total. The molecule has 0 radical (unpaired) electrons. The van der Waals surface area contributed by atoms with Gasteiger partial charge in [0.2, 0.25) is 0 Å². The van der Waals surface area contributed by atoms with Gasteiger partial charge in [-0.2, -0.15) is 0 Å². The van der Waals surface area contributed by atoms with Crippen molar-refractivity contribution in [2.45, 2.75) is 26.8 Å². The number of nitro groups is 1. The molecule has 0 saturated heterocycles. The molecule has 0 amide bonds. The highest BCUT2D eigenvalue weighted by molar-refractivity contribution is 5.63. The van der Waals surface area contributed by atoms with Crippen LogP contribution in [0.15, 0.2) is 42.5 Å². The lowest BCUT2D eigenvalue weighted by Crippen LogP contribution is -2.09. The third-order valence-electron chi connectivity index (χ3n) is 3.38. The Balaban J connectivity index is 2.32. The zero-order valence-corrected chi connectivity index (χ0v) is 11.9. The molecule has 4 heteroatoms. The number of benzene rings is 2. The van der Waals surface area contributed by atoms with Gasteiger partial charge in [-0.15, -0.1) is 0 Å². The molecule has 0 heterocycles. The molecule has 1 N–H and O–H groups in total. The molecule has 104 valence electrons. The minimum absolute atomic E-state index is 0.0108. The van der Waals surface area contributed by atoms with Crippen molar-refractivity contribution in [3.8, 4) is 0 Å². The van der Waals surface area contributed by atoms with Gasteiger partial charge in [-0.1, -0.05) is 30.3 Å². The normalized spacial score (nSPS) is 11.9. The first kappa shape index (κ1) is 14.1. The van der Waals surface area contributed by atoms with Crippen LogP contribution < -0.4 is 5.32 Å². The minimum atomic E-state index is -0.355. The van der Waals surface area contributed by atoms with Gasteiger partial charge >= 0.3 is 0 Å². The number of nitro benzene ring substituents is 1. The quantitative estimate of drug-likeness (QED) is 0.662. The largest absolute Gasteiger partial charge is 0.373 e. The smallest absolute Gasteiger partial charge is 0.292 e. The summed E-state index contributed by atoms with van der Waals surface area (Å²) in [5.41, 5.74) is 3.97. The number of nitrogens with one attached hydrogen (secondary N) is 1. The van der Waals surface area contributed by atoms with E-state index in [1.807, 2.05) is 51.1 Å². The molecule has 20 heavy (non-hydrogen) atoms. The zero-order chi connectivity index (χ0) is 14.7. The molecule has 0 bridgehead atoms. The molecule has 0 spiro atoms. The van der Waals surface area contributed by atoms with Crippen molar-refractivity contribution in [2.75, 3.05) is 5.32 Å². The van der Waals surface area contributed by atoms with E-state index in [9.17, 15) is 10.1 Å². The van der Waals surface area contributed by atoms with Crippen LogP contribution >= 0.6 is 0 Å². The van der Waals surface area contributed by atoms with Crippen molar-refractivity contribution < 1.29 is 4.92 Å². The Morgan fingerprint density at radius 3 is 2.50 bits per heavy atom. The predicted molar refractivity (Wildman–Crippen MR) is 81.1 cm³/mol. The van der Waals surface area contributed by atoms with E-state index in [0.29, 0.717) is 5.69 Å². The summed E-state index contributed by atoms with van der Waals surface area (Å²) in [5, 5.41) is 14.3.